The van der Waals surface area contributed by atoms with E-state index in [0.29, 0.717) is 24.8 Å². The summed E-state index contributed by atoms with van der Waals surface area (Å²) in [6.07, 6.45) is 5.03. The molecule has 1 saturated heterocycles. The predicted molar refractivity (Wildman–Crippen MR) is 76.4 cm³/mol. The van der Waals surface area contributed by atoms with Gasteiger partial charge >= 0.3 is 5.97 Å². The van der Waals surface area contributed by atoms with Gasteiger partial charge in [-0.2, -0.15) is 0 Å². The number of amides is 1. The fraction of sp³-hybridized carbons (Fsp3) is 0.867. The van der Waals surface area contributed by atoms with Crippen LogP contribution in [0.15, 0.2) is 0 Å². The molecule has 2 atom stereocenters. The third kappa shape index (κ3) is 4.78. The van der Waals surface area contributed by atoms with Crippen molar-refractivity contribution in [1.29, 1.82) is 0 Å². The largest absolute Gasteiger partial charge is 0.481 e. The minimum absolute atomic E-state index is 0.184. The highest BCUT2D eigenvalue weighted by Gasteiger charge is 2.30. The molecule has 5 nitrogen and oxygen atoms in total. The second kappa shape index (κ2) is 7.07. The number of carboxylic acids is 1. The third-order valence-electron chi connectivity index (χ3n) is 4.35. The average molecular weight is 282 g/mol. The summed E-state index contributed by atoms with van der Waals surface area (Å²) in [4.78, 5) is 24.6. The van der Waals surface area contributed by atoms with Gasteiger partial charge in [0.1, 0.15) is 0 Å². The highest BCUT2D eigenvalue weighted by atomic mass is 16.4. The molecule has 20 heavy (non-hydrogen) atoms. The van der Waals surface area contributed by atoms with Crippen molar-refractivity contribution in [3.8, 4) is 0 Å². The minimum Gasteiger partial charge on any atom is -0.481 e. The zero-order valence-electron chi connectivity index (χ0n) is 12.3. The Morgan fingerprint density at radius 3 is 2.60 bits per heavy atom. The van der Waals surface area contributed by atoms with Crippen LogP contribution in [-0.2, 0) is 9.59 Å². The smallest absolute Gasteiger partial charge is 0.303 e. The lowest BCUT2D eigenvalue weighted by atomic mass is 9.90. The molecule has 0 aromatic rings. The number of aliphatic carboxylic acids is 1. The van der Waals surface area contributed by atoms with Gasteiger partial charge in [-0.1, -0.05) is 6.92 Å². The number of carbonyl (C=O) groups is 2. The molecule has 5 heteroatoms. The van der Waals surface area contributed by atoms with E-state index < -0.39 is 5.97 Å². The van der Waals surface area contributed by atoms with Gasteiger partial charge in [0.25, 0.3) is 0 Å². The van der Waals surface area contributed by atoms with Crippen molar-refractivity contribution in [3.05, 3.63) is 0 Å². The van der Waals surface area contributed by atoms with Crippen molar-refractivity contribution in [3.63, 3.8) is 0 Å². The normalized spacial score (nSPS) is 26.6. The topological polar surface area (TPSA) is 69.6 Å². The summed E-state index contributed by atoms with van der Waals surface area (Å²) < 4.78 is 0. The standard InChI is InChI=1S/C15H26N2O3/c1-2-14(18)17-9-12(5-6-15(19)20)7-13(10-17)16-8-11-3-4-11/h11-13,16H,2-10H2,1H3,(H,19,20). The van der Waals surface area contributed by atoms with Crippen LogP contribution in [0.4, 0.5) is 0 Å². The molecule has 2 fully saturated rings. The van der Waals surface area contributed by atoms with Crippen LogP contribution in [0.3, 0.4) is 0 Å². The zero-order chi connectivity index (χ0) is 14.5. The number of piperidine rings is 1. The van der Waals surface area contributed by atoms with E-state index in [1.165, 1.54) is 12.8 Å². The number of carbonyl (C=O) groups excluding carboxylic acids is 1. The molecule has 1 heterocycles. The van der Waals surface area contributed by atoms with Gasteiger partial charge in [-0.25, -0.2) is 0 Å². The molecule has 2 aliphatic rings. The summed E-state index contributed by atoms with van der Waals surface area (Å²) >= 11 is 0. The highest BCUT2D eigenvalue weighted by Crippen LogP contribution is 2.29. The first-order chi connectivity index (χ1) is 9.58. The maximum absolute atomic E-state index is 11.9. The van der Waals surface area contributed by atoms with Gasteiger partial charge in [0.05, 0.1) is 0 Å². The SMILES string of the molecule is CCC(=O)N1CC(CCC(=O)O)CC(NCC2CC2)C1. The lowest BCUT2D eigenvalue weighted by molar-refractivity contribution is -0.137. The number of rotatable bonds is 7. The molecular weight excluding hydrogens is 256 g/mol. The highest BCUT2D eigenvalue weighted by molar-refractivity contribution is 5.76. The molecule has 2 rings (SSSR count). The number of carboxylic acid groups (broad SMARTS) is 1. The van der Waals surface area contributed by atoms with Crippen molar-refractivity contribution in [1.82, 2.24) is 10.2 Å². The van der Waals surface area contributed by atoms with Crippen molar-refractivity contribution in [2.45, 2.75) is 51.5 Å². The fourth-order valence-corrected chi connectivity index (χ4v) is 2.97. The van der Waals surface area contributed by atoms with Gasteiger partial charge in [0.15, 0.2) is 0 Å². The Kier molecular flexibility index (Phi) is 5.40. The van der Waals surface area contributed by atoms with Gasteiger partial charge in [0, 0.05) is 32.0 Å². The Hall–Kier alpha value is -1.10. The Labute approximate surface area is 120 Å². The van der Waals surface area contributed by atoms with Crippen molar-refractivity contribution in [2.75, 3.05) is 19.6 Å². The molecule has 1 saturated carbocycles. The number of nitrogens with one attached hydrogen (secondary N) is 1. The summed E-state index contributed by atoms with van der Waals surface area (Å²) in [6.45, 7) is 4.44. The maximum atomic E-state index is 11.9. The molecule has 2 N–H and O–H groups in total. The molecule has 0 radical (unpaired) electrons. The Morgan fingerprint density at radius 1 is 1.25 bits per heavy atom. The monoisotopic (exact) mass is 282 g/mol. The molecule has 114 valence electrons. The zero-order valence-corrected chi connectivity index (χ0v) is 12.3. The van der Waals surface area contributed by atoms with Crippen molar-refractivity contribution in [2.24, 2.45) is 11.8 Å². The van der Waals surface area contributed by atoms with Crippen LogP contribution in [0.5, 0.6) is 0 Å². The number of nitrogens with zero attached hydrogens (tertiary/aromatic N) is 1. The minimum atomic E-state index is -0.744. The van der Waals surface area contributed by atoms with E-state index in [9.17, 15) is 9.59 Å². The van der Waals surface area contributed by atoms with Gasteiger partial charge in [-0.3, -0.25) is 9.59 Å². The van der Waals surface area contributed by atoms with Gasteiger partial charge in [0.2, 0.25) is 5.91 Å². The van der Waals surface area contributed by atoms with E-state index in [0.717, 1.165) is 32.0 Å². The maximum Gasteiger partial charge on any atom is 0.303 e. The summed E-state index contributed by atoms with van der Waals surface area (Å²) in [6, 6.07) is 0.332. The molecule has 1 amide bonds. The van der Waals surface area contributed by atoms with E-state index in [1.54, 1.807) is 0 Å². The predicted octanol–water partition coefficient (Wildman–Crippen LogP) is 1.48. The Balaban J connectivity index is 1.86. The van der Waals surface area contributed by atoms with Crippen LogP contribution < -0.4 is 5.32 Å². The van der Waals surface area contributed by atoms with Crippen molar-refractivity contribution < 1.29 is 14.7 Å². The first-order valence-corrected chi connectivity index (χ1v) is 7.81. The van der Waals surface area contributed by atoms with Crippen LogP contribution in [0.25, 0.3) is 0 Å². The van der Waals surface area contributed by atoms with E-state index in [1.807, 2.05) is 11.8 Å². The van der Waals surface area contributed by atoms with Crippen LogP contribution in [0.2, 0.25) is 0 Å². The van der Waals surface area contributed by atoms with Gasteiger partial charge in [-0.05, 0) is 44.1 Å². The van der Waals surface area contributed by atoms with Gasteiger partial charge < -0.3 is 15.3 Å². The van der Waals surface area contributed by atoms with E-state index in [2.05, 4.69) is 5.32 Å². The number of hydrogen-bond donors (Lipinski definition) is 2. The summed E-state index contributed by atoms with van der Waals surface area (Å²) in [5, 5.41) is 12.4. The molecule has 0 bridgehead atoms. The van der Waals surface area contributed by atoms with Crippen LogP contribution in [0.1, 0.15) is 45.4 Å². The quantitative estimate of drug-likeness (QED) is 0.742. The summed E-state index contributed by atoms with van der Waals surface area (Å²) in [7, 11) is 0. The number of hydrogen-bond acceptors (Lipinski definition) is 3. The van der Waals surface area contributed by atoms with Crippen molar-refractivity contribution >= 4 is 11.9 Å². The van der Waals surface area contributed by atoms with Crippen LogP contribution >= 0.6 is 0 Å². The molecular formula is C15H26N2O3. The van der Waals surface area contributed by atoms with E-state index in [4.69, 9.17) is 5.11 Å². The lowest BCUT2D eigenvalue weighted by Gasteiger charge is -2.38. The molecule has 1 aliphatic heterocycles. The van der Waals surface area contributed by atoms with E-state index >= 15 is 0 Å². The van der Waals surface area contributed by atoms with Gasteiger partial charge in [-0.15, -0.1) is 0 Å². The Morgan fingerprint density at radius 2 is 2.00 bits per heavy atom. The molecule has 0 spiro atoms. The summed E-state index contributed by atoms with van der Waals surface area (Å²) in [5.74, 6) is 0.575. The third-order valence-corrected chi connectivity index (χ3v) is 4.35. The van der Waals surface area contributed by atoms with Crippen LogP contribution in [-0.4, -0.2) is 47.6 Å². The average Bonchev–Trinajstić information content (AvgIpc) is 3.26. The van der Waals surface area contributed by atoms with Crippen LogP contribution in [0, 0.1) is 11.8 Å². The second-order valence-corrected chi connectivity index (χ2v) is 6.23. The molecule has 2 unspecified atom stereocenters. The lowest BCUT2D eigenvalue weighted by Crippen LogP contribution is -2.51. The molecule has 0 aromatic heterocycles. The molecule has 0 aromatic carbocycles. The summed E-state index contributed by atoms with van der Waals surface area (Å²) in [5.41, 5.74) is 0. The Bertz CT molecular complexity index is 355. The van der Waals surface area contributed by atoms with E-state index in [-0.39, 0.29) is 12.3 Å². The molecule has 1 aliphatic carbocycles. The first kappa shape index (κ1) is 15.3. The second-order valence-electron chi connectivity index (χ2n) is 6.23. The number of likely N-dealkylation sites (tertiary alicyclic amines) is 1. The first-order valence-electron chi connectivity index (χ1n) is 7.81. The fourth-order valence-electron chi connectivity index (χ4n) is 2.97.